The van der Waals surface area contributed by atoms with E-state index in [0.29, 0.717) is 17.2 Å². The van der Waals surface area contributed by atoms with Gasteiger partial charge in [0, 0.05) is 36.3 Å². The van der Waals surface area contributed by atoms with E-state index in [-0.39, 0.29) is 5.82 Å². The topological polar surface area (TPSA) is 62.5 Å². The zero-order valence-corrected chi connectivity index (χ0v) is 17.7. The molecule has 0 unspecified atom stereocenters. The molecule has 1 aromatic carbocycles. The van der Waals surface area contributed by atoms with Crippen molar-refractivity contribution in [2.45, 2.75) is 38.1 Å². The summed E-state index contributed by atoms with van der Waals surface area (Å²) in [5.74, 6) is 0.213. The molecule has 3 heterocycles. The quantitative estimate of drug-likeness (QED) is 0.671. The van der Waals surface area contributed by atoms with Gasteiger partial charge in [0.2, 0.25) is 0 Å². The summed E-state index contributed by atoms with van der Waals surface area (Å²) in [6, 6.07) is 8.25. The van der Waals surface area contributed by atoms with E-state index in [2.05, 4.69) is 41.2 Å². The Kier molecular flexibility index (Phi) is 5.66. The molecule has 7 heteroatoms. The summed E-state index contributed by atoms with van der Waals surface area (Å²) >= 11 is 0. The summed E-state index contributed by atoms with van der Waals surface area (Å²) in [6.45, 7) is 7.95. The van der Waals surface area contributed by atoms with Crippen molar-refractivity contribution in [2.75, 3.05) is 26.7 Å². The van der Waals surface area contributed by atoms with E-state index in [0.717, 1.165) is 54.7 Å². The average molecular weight is 410 g/mol. The van der Waals surface area contributed by atoms with Crippen LogP contribution >= 0.6 is 0 Å². The van der Waals surface area contributed by atoms with Crippen LogP contribution in [0.2, 0.25) is 0 Å². The Morgan fingerprint density at radius 1 is 1.23 bits per heavy atom. The molecule has 158 valence electrons. The summed E-state index contributed by atoms with van der Waals surface area (Å²) < 4.78 is 14.7. The molecule has 2 fully saturated rings. The second-order valence-electron chi connectivity index (χ2n) is 8.73. The van der Waals surface area contributed by atoms with Gasteiger partial charge in [-0.25, -0.2) is 13.9 Å². The van der Waals surface area contributed by atoms with Crippen molar-refractivity contribution in [3.8, 4) is 11.3 Å². The number of benzene rings is 1. The first kappa shape index (κ1) is 20.6. The molecule has 0 radical (unpaired) electrons. The molecule has 0 spiro atoms. The van der Waals surface area contributed by atoms with Gasteiger partial charge in [0.1, 0.15) is 11.5 Å². The number of hydrogen-bond donors (Lipinski definition) is 1. The van der Waals surface area contributed by atoms with Gasteiger partial charge in [0.25, 0.3) is 0 Å². The van der Waals surface area contributed by atoms with E-state index in [1.165, 1.54) is 18.7 Å². The monoisotopic (exact) mass is 409 g/mol. The average Bonchev–Trinajstić information content (AvgIpc) is 3.49. The van der Waals surface area contributed by atoms with E-state index in [1.54, 1.807) is 22.8 Å². The van der Waals surface area contributed by atoms with Crippen LogP contribution in [0.3, 0.4) is 0 Å². The van der Waals surface area contributed by atoms with Crippen LogP contribution in [0.5, 0.6) is 0 Å². The van der Waals surface area contributed by atoms with E-state index in [1.807, 2.05) is 6.07 Å². The van der Waals surface area contributed by atoms with Crippen LogP contribution in [0, 0.1) is 5.82 Å². The van der Waals surface area contributed by atoms with Crippen molar-refractivity contribution in [1.29, 1.82) is 0 Å². The van der Waals surface area contributed by atoms with Crippen molar-refractivity contribution in [3.05, 3.63) is 53.6 Å². The fraction of sp³-hybridized carbons (Fsp3) is 0.435. The minimum absolute atomic E-state index is 0.270. The first-order valence-corrected chi connectivity index (χ1v) is 10.4. The number of hydrogen-bond acceptors (Lipinski definition) is 5. The van der Waals surface area contributed by atoms with Crippen LogP contribution < -0.4 is 5.32 Å². The van der Waals surface area contributed by atoms with Crippen LogP contribution in [0.1, 0.15) is 48.7 Å². The number of nitrogens with zero attached hydrogens (tertiary/aromatic N) is 4. The van der Waals surface area contributed by atoms with Crippen molar-refractivity contribution < 1.29 is 9.18 Å². The smallest absolute Gasteiger partial charge is 0.170 e. The molecule has 1 saturated heterocycles. The lowest BCUT2D eigenvalue weighted by Gasteiger charge is -2.40. The number of rotatable bonds is 3. The third-order valence-electron chi connectivity index (χ3n) is 5.97. The second-order valence-corrected chi connectivity index (χ2v) is 8.73. The maximum absolute atomic E-state index is 13.0. The van der Waals surface area contributed by atoms with Crippen molar-refractivity contribution in [3.63, 3.8) is 0 Å². The highest BCUT2D eigenvalue weighted by Crippen LogP contribution is 2.42. The van der Waals surface area contributed by atoms with Gasteiger partial charge in [-0.3, -0.25) is 9.69 Å². The highest BCUT2D eigenvalue weighted by Gasteiger charge is 2.28. The third-order valence-corrected chi connectivity index (χ3v) is 5.97. The Bertz CT molecular complexity index is 1040. The van der Waals surface area contributed by atoms with Gasteiger partial charge in [-0.2, -0.15) is 5.10 Å². The second kappa shape index (κ2) is 8.24. The lowest BCUT2D eigenvalue weighted by molar-refractivity contribution is 0.111. The Labute approximate surface area is 176 Å². The van der Waals surface area contributed by atoms with Gasteiger partial charge in [-0.05, 0) is 70.0 Å². The fourth-order valence-corrected chi connectivity index (χ4v) is 3.61. The predicted molar refractivity (Wildman–Crippen MR) is 115 cm³/mol. The largest absolute Gasteiger partial charge is 0.314 e. The molecular weight excluding hydrogens is 381 g/mol. The van der Waals surface area contributed by atoms with Crippen LogP contribution in [-0.2, 0) is 0 Å². The molecule has 30 heavy (non-hydrogen) atoms. The number of carbonyl (C=O) groups is 1. The first-order chi connectivity index (χ1) is 14.4. The molecule has 3 aromatic rings. The highest BCUT2D eigenvalue weighted by molar-refractivity contribution is 5.74. The number of aldehydes is 1. The Morgan fingerprint density at radius 3 is 2.53 bits per heavy atom. The molecule has 6 nitrogen and oxygen atoms in total. The van der Waals surface area contributed by atoms with Crippen LogP contribution in [0.15, 0.2) is 36.5 Å². The molecule has 2 aromatic heterocycles. The summed E-state index contributed by atoms with van der Waals surface area (Å²) in [5.41, 5.74) is 4.20. The minimum Gasteiger partial charge on any atom is -0.314 e. The summed E-state index contributed by atoms with van der Waals surface area (Å²) in [5, 5.41) is 7.85. The molecule has 1 aliphatic carbocycles. The minimum atomic E-state index is -0.270. The van der Waals surface area contributed by atoms with E-state index < -0.39 is 0 Å². The number of imidazole rings is 1. The van der Waals surface area contributed by atoms with Gasteiger partial charge in [0.05, 0.1) is 11.9 Å². The molecule has 0 amide bonds. The van der Waals surface area contributed by atoms with Gasteiger partial charge in [-0.1, -0.05) is 0 Å². The van der Waals surface area contributed by atoms with Crippen LogP contribution in [0.4, 0.5) is 4.39 Å². The van der Waals surface area contributed by atoms with Gasteiger partial charge >= 0.3 is 0 Å². The van der Waals surface area contributed by atoms with Crippen LogP contribution in [0.25, 0.3) is 16.9 Å². The summed E-state index contributed by atoms with van der Waals surface area (Å²) in [6.07, 6.45) is 4.61. The first-order valence-electron chi connectivity index (χ1n) is 10.4. The zero-order chi connectivity index (χ0) is 21.3. The molecule has 1 saturated carbocycles. The van der Waals surface area contributed by atoms with Gasteiger partial charge in [0.15, 0.2) is 11.9 Å². The maximum Gasteiger partial charge on any atom is 0.170 e. The Morgan fingerprint density at radius 2 is 1.97 bits per heavy atom. The predicted octanol–water partition coefficient (Wildman–Crippen LogP) is 3.53. The van der Waals surface area contributed by atoms with E-state index in [4.69, 9.17) is 0 Å². The number of aromatic nitrogens is 3. The number of fused-ring (bicyclic) bond motifs is 1. The summed E-state index contributed by atoms with van der Waals surface area (Å²) in [7, 11) is 2.18. The van der Waals surface area contributed by atoms with Gasteiger partial charge < -0.3 is 5.32 Å². The highest BCUT2D eigenvalue weighted by atomic mass is 19.1. The van der Waals surface area contributed by atoms with Gasteiger partial charge in [-0.15, -0.1) is 0 Å². The number of piperazine rings is 1. The molecular formula is C23H28FN5O. The normalized spacial score (nSPS) is 18.7. The molecule has 5 rings (SSSR count). The fourth-order valence-electron chi connectivity index (χ4n) is 3.61. The Hall–Kier alpha value is -2.64. The number of carbonyl (C=O) groups excluding carboxylic acids is 1. The molecule has 0 bridgehead atoms. The molecule has 2 aliphatic rings. The third kappa shape index (κ3) is 4.42. The molecule has 1 N–H and O–H groups in total. The molecule has 1 aliphatic heterocycles. The van der Waals surface area contributed by atoms with Crippen molar-refractivity contribution in [1.82, 2.24) is 24.8 Å². The Balaban J connectivity index is 0.000000204. The van der Waals surface area contributed by atoms with E-state index >= 15 is 0 Å². The number of nitrogens with one attached hydrogen (secondary N) is 1. The van der Waals surface area contributed by atoms with Crippen molar-refractivity contribution in [2.24, 2.45) is 0 Å². The summed E-state index contributed by atoms with van der Waals surface area (Å²) in [4.78, 5) is 17.6. The van der Waals surface area contributed by atoms with Crippen molar-refractivity contribution >= 4 is 11.9 Å². The zero-order valence-electron chi connectivity index (χ0n) is 17.7. The number of halogens is 1. The van der Waals surface area contributed by atoms with Crippen LogP contribution in [-0.4, -0.2) is 58.0 Å². The lowest BCUT2D eigenvalue weighted by atomic mass is 10.0. The lowest BCUT2D eigenvalue weighted by Crippen LogP contribution is -2.55. The van der Waals surface area contributed by atoms with E-state index in [9.17, 15) is 9.18 Å². The maximum atomic E-state index is 13.0. The molecule has 0 atom stereocenters. The standard InChI is InChI=1S/C16H12FN3O.C7H16N2/c17-12-5-3-11(4-6-12)15-7-14(10-1-2-10)16-18-13(9-21)8-20(16)19-15;1-7(2)6-8-4-5-9(7)3/h3-10H,1-2H2;8H,4-6H2,1-3H3. The SMILES string of the molecule is CN1CCNCC1(C)C.O=Cc1cn2nc(-c3ccc(F)cc3)cc(C3CC3)c2n1. The number of likely N-dealkylation sites (N-methyl/N-ethyl adjacent to an activating group) is 1.